The molecule has 2 aromatic carbocycles. The maximum Gasteiger partial charge on any atom is 0.274 e. The van der Waals surface area contributed by atoms with Crippen LogP contribution in [0.1, 0.15) is 40.4 Å². The Kier molecular flexibility index (Phi) is 5.01. The number of hydrogen-bond donors (Lipinski definition) is 2. The summed E-state index contributed by atoms with van der Waals surface area (Å²) in [5.74, 6) is -0.347. The van der Waals surface area contributed by atoms with Crippen LogP contribution >= 0.6 is 0 Å². The van der Waals surface area contributed by atoms with Gasteiger partial charge in [0.05, 0.1) is 23.1 Å². The molecular formula is C26H23N5O2. The van der Waals surface area contributed by atoms with Gasteiger partial charge in [-0.15, -0.1) is 0 Å². The first-order valence-corrected chi connectivity index (χ1v) is 10.8. The fourth-order valence-corrected chi connectivity index (χ4v) is 4.19. The fourth-order valence-electron chi connectivity index (χ4n) is 4.19. The smallest absolute Gasteiger partial charge is 0.274 e. The molecule has 0 spiro atoms. The zero-order valence-corrected chi connectivity index (χ0v) is 18.6. The highest BCUT2D eigenvalue weighted by Crippen LogP contribution is 2.26. The lowest BCUT2D eigenvalue weighted by Crippen LogP contribution is -2.28. The van der Waals surface area contributed by atoms with E-state index in [4.69, 9.17) is 0 Å². The molecule has 0 saturated carbocycles. The largest absolute Gasteiger partial charge is 0.343 e. The van der Waals surface area contributed by atoms with Crippen LogP contribution in [-0.4, -0.2) is 25.5 Å². The number of amides is 1. The molecule has 0 radical (unpaired) electrons. The predicted molar refractivity (Wildman–Crippen MR) is 128 cm³/mol. The molecular weight excluding hydrogens is 414 g/mol. The van der Waals surface area contributed by atoms with E-state index in [1.165, 1.54) is 0 Å². The lowest BCUT2D eigenvalue weighted by Gasteiger charge is -2.12. The first kappa shape index (κ1) is 20.6. The van der Waals surface area contributed by atoms with Gasteiger partial charge in [0.2, 0.25) is 0 Å². The molecule has 164 valence electrons. The molecule has 5 rings (SSSR count). The van der Waals surface area contributed by atoms with Crippen LogP contribution < -0.4 is 10.9 Å². The zero-order valence-electron chi connectivity index (χ0n) is 18.6. The highest BCUT2D eigenvalue weighted by molar-refractivity contribution is 5.96. The number of benzene rings is 2. The molecule has 3 heterocycles. The zero-order chi connectivity index (χ0) is 23.1. The van der Waals surface area contributed by atoms with Crippen molar-refractivity contribution in [3.05, 3.63) is 99.9 Å². The minimum absolute atomic E-state index is 0.224. The number of fused-ring (bicyclic) bond motifs is 2. The second-order valence-electron chi connectivity index (χ2n) is 8.16. The number of carbonyl (C=O) groups excluding carboxylic acids is 1. The Labute approximate surface area is 190 Å². The van der Waals surface area contributed by atoms with Crippen molar-refractivity contribution >= 4 is 22.2 Å². The molecule has 0 saturated heterocycles. The van der Waals surface area contributed by atoms with Gasteiger partial charge in [0.15, 0.2) is 5.69 Å². The van der Waals surface area contributed by atoms with Gasteiger partial charge in [0, 0.05) is 17.3 Å². The second kappa shape index (κ2) is 8.02. The number of rotatable bonds is 4. The molecule has 1 unspecified atom stereocenters. The first-order chi connectivity index (χ1) is 15.9. The van der Waals surface area contributed by atoms with Crippen molar-refractivity contribution in [2.75, 3.05) is 0 Å². The highest BCUT2D eigenvalue weighted by atomic mass is 16.2. The average molecular weight is 438 g/mol. The highest BCUT2D eigenvalue weighted by Gasteiger charge is 2.22. The topological polar surface area (TPSA) is 92.2 Å². The van der Waals surface area contributed by atoms with Gasteiger partial charge in [-0.2, -0.15) is 5.10 Å². The summed E-state index contributed by atoms with van der Waals surface area (Å²) in [4.78, 5) is 33.3. The second-order valence-corrected chi connectivity index (χ2v) is 8.16. The van der Waals surface area contributed by atoms with E-state index in [9.17, 15) is 9.59 Å². The number of aromatic nitrogens is 4. The summed E-state index contributed by atoms with van der Waals surface area (Å²) in [7, 11) is 0. The van der Waals surface area contributed by atoms with Crippen molar-refractivity contribution in [2.24, 2.45) is 0 Å². The minimum Gasteiger partial charge on any atom is -0.343 e. The summed E-state index contributed by atoms with van der Waals surface area (Å²) in [5, 5.41) is 9.66. The molecule has 5 aromatic rings. The number of carbonyl (C=O) groups is 1. The van der Waals surface area contributed by atoms with Gasteiger partial charge in [0.1, 0.15) is 5.52 Å². The van der Waals surface area contributed by atoms with Crippen LogP contribution in [0, 0.1) is 13.8 Å². The molecule has 7 nitrogen and oxygen atoms in total. The quantitative estimate of drug-likeness (QED) is 0.437. The van der Waals surface area contributed by atoms with E-state index in [-0.39, 0.29) is 23.2 Å². The number of nitrogens with zero attached hydrogens (tertiary/aromatic N) is 3. The van der Waals surface area contributed by atoms with Crippen LogP contribution in [-0.2, 0) is 0 Å². The van der Waals surface area contributed by atoms with E-state index in [0.717, 1.165) is 27.7 Å². The number of nitrogens with one attached hydrogen (secondary N) is 2. The molecule has 0 bridgehead atoms. The lowest BCUT2D eigenvalue weighted by atomic mass is 10.0. The Morgan fingerprint density at radius 3 is 2.55 bits per heavy atom. The number of aryl methyl sites for hydroxylation is 2. The molecule has 0 aliphatic heterocycles. The number of aromatic amines is 1. The molecule has 7 heteroatoms. The van der Waals surface area contributed by atoms with Crippen LogP contribution in [0.2, 0.25) is 0 Å². The van der Waals surface area contributed by atoms with E-state index in [2.05, 4.69) is 20.4 Å². The van der Waals surface area contributed by atoms with Crippen molar-refractivity contribution in [1.29, 1.82) is 0 Å². The van der Waals surface area contributed by atoms with Crippen LogP contribution in [0.3, 0.4) is 0 Å². The Hall–Kier alpha value is -4.26. The van der Waals surface area contributed by atoms with Gasteiger partial charge in [0.25, 0.3) is 11.5 Å². The number of H-pyrrole nitrogens is 1. The van der Waals surface area contributed by atoms with Crippen LogP contribution in [0.5, 0.6) is 0 Å². The summed E-state index contributed by atoms with van der Waals surface area (Å²) in [6, 6.07) is 19.4. The Balaban J connectivity index is 1.57. The third-order valence-corrected chi connectivity index (χ3v) is 5.99. The lowest BCUT2D eigenvalue weighted by molar-refractivity contribution is 0.0933. The van der Waals surface area contributed by atoms with Crippen molar-refractivity contribution in [3.8, 4) is 11.3 Å². The third kappa shape index (κ3) is 3.57. The van der Waals surface area contributed by atoms with Crippen LogP contribution in [0.4, 0.5) is 0 Å². The van der Waals surface area contributed by atoms with Crippen molar-refractivity contribution in [3.63, 3.8) is 0 Å². The molecule has 3 aromatic heterocycles. The van der Waals surface area contributed by atoms with Crippen molar-refractivity contribution in [1.82, 2.24) is 24.9 Å². The van der Waals surface area contributed by atoms with Crippen molar-refractivity contribution in [2.45, 2.75) is 26.8 Å². The predicted octanol–water partition coefficient (Wildman–Crippen LogP) is 4.35. The fraction of sp³-hybridized carbons (Fsp3) is 0.154. The molecule has 2 N–H and O–H groups in total. The van der Waals surface area contributed by atoms with Gasteiger partial charge < -0.3 is 10.3 Å². The third-order valence-electron chi connectivity index (χ3n) is 5.99. The molecule has 33 heavy (non-hydrogen) atoms. The van der Waals surface area contributed by atoms with Gasteiger partial charge in [-0.05, 0) is 49.7 Å². The SMILES string of the molecule is Cc1c(C(=O)NC(C)c2ccccn2)nn2c(C)c(-c3ccc4ccccc4c3)[nH]c(=O)c12. The van der Waals surface area contributed by atoms with Crippen LogP contribution in [0.15, 0.2) is 71.7 Å². The van der Waals surface area contributed by atoms with Gasteiger partial charge in [-0.25, -0.2) is 4.52 Å². The number of pyridine rings is 1. The van der Waals surface area contributed by atoms with Crippen LogP contribution in [0.25, 0.3) is 27.5 Å². The van der Waals surface area contributed by atoms with E-state index in [1.54, 1.807) is 17.6 Å². The molecule has 1 atom stereocenters. The Morgan fingerprint density at radius 2 is 1.79 bits per heavy atom. The molecule has 0 fully saturated rings. The maximum atomic E-state index is 13.0. The first-order valence-electron chi connectivity index (χ1n) is 10.8. The Bertz CT molecular complexity index is 1570. The summed E-state index contributed by atoms with van der Waals surface area (Å²) in [6.07, 6.45) is 1.69. The standard InChI is InChI=1S/C26H23N5O2/c1-15-22(25(32)28-16(2)21-10-6-7-13-27-21)30-31-17(3)23(29-26(33)24(15)31)20-12-11-18-8-4-5-9-19(18)14-20/h4-14,16H,1-3H3,(H,28,32)(H,29,33). The van der Waals surface area contributed by atoms with E-state index >= 15 is 0 Å². The normalized spacial score (nSPS) is 12.2. The van der Waals surface area contributed by atoms with Crippen molar-refractivity contribution < 1.29 is 4.79 Å². The molecule has 0 aliphatic rings. The summed E-state index contributed by atoms with van der Waals surface area (Å²) >= 11 is 0. The number of hydrogen-bond acceptors (Lipinski definition) is 4. The monoisotopic (exact) mass is 437 g/mol. The van der Waals surface area contributed by atoms with Gasteiger partial charge in [-0.3, -0.25) is 14.6 Å². The maximum absolute atomic E-state index is 13.0. The van der Waals surface area contributed by atoms with E-state index < -0.39 is 0 Å². The van der Waals surface area contributed by atoms with Gasteiger partial charge in [-0.1, -0.05) is 42.5 Å². The average Bonchev–Trinajstić information content (AvgIpc) is 3.19. The summed E-state index contributed by atoms with van der Waals surface area (Å²) < 4.78 is 1.57. The Morgan fingerprint density at radius 1 is 1.03 bits per heavy atom. The molecule has 0 aliphatic carbocycles. The van der Waals surface area contributed by atoms with E-state index in [1.807, 2.05) is 74.5 Å². The van der Waals surface area contributed by atoms with E-state index in [0.29, 0.717) is 16.8 Å². The van der Waals surface area contributed by atoms with Gasteiger partial charge >= 0.3 is 0 Å². The minimum atomic E-state index is -0.347. The molecule has 1 amide bonds. The summed E-state index contributed by atoms with van der Waals surface area (Å²) in [5.41, 5.74) is 3.90. The summed E-state index contributed by atoms with van der Waals surface area (Å²) in [6.45, 7) is 5.49.